The molecule has 0 aromatic heterocycles. The number of hydrogen-bond acceptors (Lipinski definition) is 4. The van der Waals surface area contributed by atoms with Crippen LogP contribution in [0.1, 0.15) is 22.3 Å². The van der Waals surface area contributed by atoms with E-state index >= 15 is 0 Å². The summed E-state index contributed by atoms with van der Waals surface area (Å²) in [5.74, 6) is 1.74. The van der Waals surface area contributed by atoms with Crippen LogP contribution in [-0.4, -0.2) is 25.5 Å². The number of aromatic hydroxyl groups is 1. The third-order valence-corrected chi connectivity index (χ3v) is 6.05. The van der Waals surface area contributed by atoms with Crippen LogP contribution in [0.4, 0.5) is 0 Å². The Labute approximate surface area is 187 Å². The maximum Gasteiger partial charge on any atom is 0.136 e. The molecule has 1 aliphatic heterocycles. The first-order chi connectivity index (χ1) is 15.7. The van der Waals surface area contributed by atoms with Crippen molar-refractivity contribution in [3.63, 3.8) is 0 Å². The van der Waals surface area contributed by atoms with Gasteiger partial charge in [0, 0.05) is 11.8 Å². The molecular formula is C28H23NO3. The number of phenolic OH excluding ortho intramolecular Hbond substituents is 1. The van der Waals surface area contributed by atoms with Gasteiger partial charge in [-0.1, -0.05) is 54.6 Å². The van der Waals surface area contributed by atoms with Gasteiger partial charge in [0.25, 0.3) is 0 Å². The number of phenols is 1. The van der Waals surface area contributed by atoms with Crippen LogP contribution in [0.15, 0.2) is 96.0 Å². The zero-order valence-electron chi connectivity index (χ0n) is 17.9. The Hall–Kier alpha value is -4.05. The Bertz CT molecular complexity index is 1310. The minimum Gasteiger partial charge on any atom is -0.507 e. The van der Waals surface area contributed by atoms with Crippen molar-refractivity contribution in [3.05, 3.63) is 113 Å². The summed E-state index contributed by atoms with van der Waals surface area (Å²) in [5, 5.41) is 10.7. The largest absolute Gasteiger partial charge is 0.507 e. The first-order valence-corrected chi connectivity index (χ1v) is 10.4. The molecule has 0 saturated heterocycles. The number of ether oxygens (including phenoxy) is 2. The minimum absolute atomic E-state index is 0.210. The highest BCUT2D eigenvalue weighted by atomic mass is 16.5. The molecule has 1 atom stereocenters. The molecule has 4 aromatic rings. The Morgan fingerprint density at radius 2 is 1.47 bits per heavy atom. The van der Waals surface area contributed by atoms with E-state index < -0.39 is 5.54 Å². The molecule has 0 saturated carbocycles. The molecule has 158 valence electrons. The summed E-state index contributed by atoms with van der Waals surface area (Å²) in [4.78, 5) is 5.06. The normalized spacial score (nSPS) is 16.6. The zero-order valence-corrected chi connectivity index (χ0v) is 17.9. The summed E-state index contributed by atoms with van der Waals surface area (Å²) < 4.78 is 10.8. The van der Waals surface area contributed by atoms with Crippen molar-refractivity contribution >= 4 is 6.21 Å². The van der Waals surface area contributed by atoms with Crippen LogP contribution in [-0.2, 0) is 5.54 Å². The molecular weight excluding hydrogens is 398 g/mol. The fourth-order valence-corrected chi connectivity index (χ4v) is 4.42. The first kappa shape index (κ1) is 19.9. The van der Waals surface area contributed by atoms with Gasteiger partial charge in [-0.15, -0.1) is 0 Å². The van der Waals surface area contributed by atoms with Gasteiger partial charge < -0.3 is 14.6 Å². The van der Waals surface area contributed by atoms with Crippen molar-refractivity contribution in [1.29, 1.82) is 0 Å². The number of hydrogen-bond donors (Lipinski definition) is 1. The number of aliphatic imine (C=N–C) groups is 1. The number of fused-ring (bicyclic) bond motifs is 1. The monoisotopic (exact) mass is 421 g/mol. The third kappa shape index (κ3) is 3.12. The molecule has 4 nitrogen and oxygen atoms in total. The number of rotatable bonds is 5. The van der Waals surface area contributed by atoms with E-state index in [4.69, 9.17) is 14.5 Å². The molecule has 0 bridgehead atoms. The van der Waals surface area contributed by atoms with Crippen molar-refractivity contribution in [1.82, 2.24) is 0 Å². The Morgan fingerprint density at radius 3 is 2.25 bits per heavy atom. The highest BCUT2D eigenvalue weighted by molar-refractivity contribution is 5.89. The number of methoxy groups -OCH3 is 2. The quantitative estimate of drug-likeness (QED) is 0.443. The Balaban J connectivity index is 1.74. The van der Waals surface area contributed by atoms with Crippen LogP contribution in [0.2, 0.25) is 0 Å². The Kier molecular flexibility index (Phi) is 4.91. The predicted molar refractivity (Wildman–Crippen MR) is 127 cm³/mol. The molecule has 32 heavy (non-hydrogen) atoms. The van der Waals surface area contributed by atoms with E-state index in [1.807, 2.05) is 66.9 Å². The predicted octanol–water partition coefficient (Wildman–Crippen LogP) is 5.80. The van der Waals surface area contributed by atoms with Gasteiger partial charge in [-0.3, -0.25) is 4.99 Å². The lowest BCUT2D eigenvalue weighted by Gasteiger charge is -2.30. The van der Waals surface area contributed by atoms with Gasteiger partial charge in [-0.25, -0.2) is 0 Å². The van der Waals surface area contributed by atoms with E-state index in [1.165, 1.54) is 0 Å². The summed E-state index contributed by atoms with van der Waals surface area (Å²) in [6.07, 6.45) is 1.93. The van der Waals surface area contributed by atoms with E-state index in [-0.39, 0.29) is 5.75 Å². The van der Waals surface area contributed by atoms with Gasteiger partial charge >= 0.3 is 0 Å². The van der Waals surface area contributed by atoms with Gasteiger partial charge in [-0.2, -0.15) is 0 Å². The Morgan fingerprint density at radius 1 is 0.719 bits per heavy atom. The van der Waals surface area contributed by atoms with E-state index in [9.17, 15) is 5.11 Å². The minimum atomic E-state index is -0.718. The summed E-state index contributed by atoms with van der Waals surface area (Å²) in [6.45, 7) is 0. The lowest BCUT2D eigenvalue weighted by molar-refractivity contribution is 0.414. The van der Waals surface area contributed by atoms with Gasteiger partial charge in [0.1, 0.15) is 22.8 Å². The highest BCUT2D eigenvalue weighted by Gasteiger charge is 2.40. The second-order valence-electron chi connectivity index (χ2n) is 7.75. The first-order valence-electron chi connectivity index (χ1n) is 10.4. The fraction of sp³-hybridized carbons (Fsp3) is 0.107. The van der Waals surface area contributed by atoms with Gasteiger partial charge in [0.15, 0.2) is 0 Å². The summed E-state index contributed by atoms with van der Waals surface area (Å²) in [6, 6.07) is 29.7. The van der Waals surface area contributed by atoms with E-state index in [0.717, 1.165) is 44.9 Å². The zero-order chi connectivity index (χ0) is 22.1. The third-order valence-electron chi connectivity index (χ3n) is 6.05. The van der Waals surface area contributed by atoms with Crippen molar-refractivity contribution < 1.29 is 14.6 Å². The van der Waals surface area contributed by atoms with Crippen LogP contribution in [0.3, 0.4) is 0 Å². The topological polar surface area (TPSA) is 51.0 Å². The van der Waals surface area contributed by atoms with E-state index in [2.05, 4.69) is 24.3 Å². The fourth-order valence-electron chi connectivity index (χ4n) is 4.42. The number of benzene rings is 4. The molecule has 5 rings (SSSR count). The average molecular weight is 421 g/mol. The lowest BCUT2D eigenvalue weighted by atomic mass is 9.77. The van der Waals surface area contributed by atoms with Crippen molar-refractivity contribution in [2.24, 2.45) is 4.99 Å². The highest BCUT2D eigenvalue weighted by Crippen LogP contribution is 2.47. The molecule has 0 fully saturated rings. The van der Waals surface area contributed by atoms with Crippen molar-refractivity contribution in [2.75, 3.05) is 14.2 Å². The summed E-state index contributed by atoms with van der Waals surface area (Å²) in [5.41, 5.74) is 5.08. The van der Waals surface area contributed by atoms with Crippen LogP contribution in [0.5, 0.6) is 17.2 Å². The smallest absolute Gasteiger partial charge is 0.136 e. The molecule has 0 aliphatic carbocycles. The van der Waals surface area contributed by atoms with E-state index in [1.54, 1.807) is 20.3 Å². The SMILES string of the molecule is COc1ccc(C2(c3ccc(O)c(-c4cccc(OC)c4)c3)N=Cc3ccccc32)cc1. The maximum atomic E-state index is 10.7. The molecule has 1 N–H and O–H groups in total. The van der Waals surface area contributed by atoms with Crippen LogP contribution in [0, 0.1) is 0 Å². The molecule has 1 aliphatic rings. The molecule has 0 spiro atoms. The molecule has 0 amide bonds. The van der Waals surface area contributed by atoms with Crippen molar-refractivity contribution in [3.8, 4) is 28.4 Å². The molecule has 4 heteroatoms. The molecule has 1 unspecified atom stereocenters. The van der Waals surface area contributed by atoms with E-state index in [0.29, 0.717) is 0 Å². The number of nitrogens with zero attached hydrogens (tertiary/aromatic N) is 1. The lowest BCUT2D eigenvalue weighted by Crippen LogP contribution is -2.25. The molecule has 0 radical (unpaired) electrons. The van der Waals surface area contributed by atoms with Crippen LogP contribution >= 0.6 is 0 Å². The van der Waals surface area contributed by atoms with Crippen LogP contribution in [0.25, 0.3) is 11.1 Å². The molecule has 1 heterocycles. The summed E-state index contributed by atoms with van der Waals surface area (Å²) in [7, 11) is 3.30. The van der Waals surface area contributed by atoms with Crippen LogP contribution < -0.4 is 9.47 Å². The second-order valence-corrected chi connectivity index (χ2v) is 7.75. The summed E-state index contributed by atoms with van der Waals surface area (Å²) >= 11 is 0. The average Bonchev–Trinajstić information content (AvgIpc) is 3.25. The van der Waals surface area contributed by atoms with Crippen molar-refractivity contribution in [2.45, 2.75) is 5.54 Å². The maximum absolute atomic E-state index is 10.7. The van der Waals surface area contributed by atoms with Gasteiger partial charge in [0.2, 0.25) is 0 Å². The molecule has 4 aromatic carbocycles. The second kappa shape index (κ2) is 7.89. The standard InChI is InChI=1S/C28H23NO3/c1-31-23-13-10-21(11-14-23)28(26-9-4-3-6-20(26)18-29-28)22-12-15-27(30)25(17-22)19-7-5-8-24(16-19)32-2/h3-18,30H,1-2H3. The van der Waals surface area contributed by atoms with Gasteiger partial charge in [0.05, 0.1) is 14.2 Å². The van der Waals surface area contributed by atoms with Gasteiger partial charge in [-0.05, 0) is 64.2 Å².